The Morgan fingerprint density at radius 2 is 2.67 bits per heavy atom. The molecular weight excluding hydrogens is 114 g/mol. The van der Waals surface area contributed by atoms with Crippen LogP contribution >= 0.6 is 0 Å². The van der Waals surface area contributed by atoms with E-state index in [4.69, 9.17) is 4.84 Å². The van der Waals surface area contributed by atoms with E-state index in [9.17, 15) is 0 Å². The minimum Gasteiger partial charge on any atom is -0.392 e. The smallest absolute Gasteiger partial charge is 0.132 e. The van der Waals surface area contributed by atoms with Crippen molar-refractivity contribution >= 4 is 6.21 Å². The van der Waals surface area contributed by atoms with Gasteiger partial charge < -0.3 is 4.84 Å². The molecule has 52 valence electrons. The fourth-order valence-corrected chi connectivity index (χ4v) is 0.935. The van der Waals surface area contributed by atoms with Gasteiger partial charge in [-0.2, -0.15) is 0 Å². The van der Waals surface area contributed by atoms with E-state index in [2.05, 4.69) is 12.1 Å². The van der Waals surface area contributed by atoms with Crippen molar-refractivity contribution < 1.29 is 4.84 Å². The molecule has 9 heavy (non-hydrogen) atoms. The largest absolute Gasteiger partial charge is 0.392 e. The molecule has 0 N–H and O–H groups in total. The first-order valence-electron chi connectivity index (χ1n) is 3.61. The highest BCUT2D eigenvalue weighted by atomic mass is 16.6. The first-order chi connectivity index (χ1) is 4.43. The van der Waals surface area contributed by atoms with E-state index in [1.54, 1.807) is 0 Å². The molecule has 2 nitrogen and oxygen atoms in total. The Morgan fingerprint density at radius 3 is 3.22 bits per heavy atom. The number of oxime groups is 1. The molecule has 0 saturated heterocycles. The first kappa shape index (κ1) is 6.59. The van der Waals surface area contributed by atoms with Crippen molar-refractivity contribution in [1.29, 1.82) is 0 Å². The quantitative estimate of drug-likeness (QED) is 0.567. The standard InChI is InChI=1S/C7H13NO/c1-2-3-4-7-5-6-8-9-7/h6-7H,2-5H2,1H3/t7-/m1/s1. The number of rotatable bonds is 3. The van der Waals surface area contributed by atoms with Crippen LogP contribution in [0.25, 0.3) is 0 Å². The number of nitrogens with zero attached hydrogens (tertiary/aromatic N) is 1. The second-order valence-electron chi connectivity index (χ2n) is 2.39. The van der Waals surface area contributed by atoms with Gasteiger partial charge in [0.1, 0.15) is 6.10 Å². The molecule has 2 heteroatoms. The van der Waals surface area contributed by atoms with Gasteiger partial charge in [-0.15, -0.1) is 0 Å². The van der Waals surface area contributed by atoms with Crippen molar-refractivity contribution in [2.24, 2.45) is 5.16 Å². The zero-order chi connectivity index (χ0) is 6.53. The summed E-state index contributed by atoms with van der Waals surface area (Å²) < 4.78 is 0. The van der Waals surface area contributed by atoms with Gasteiger partial charge in [-0.1, -0.05) is 18.5 Å². The van der Waals surface area contributed by atoms with Crippen molar-refractivity contribution in [3.8, 4) is 0 Å². The number of unbranched alkanes of at least 4 members (excludes halogenated alkanes) is 1. The van der Waals surface area contributed by atoms with E-state index < -0.39 is 0 Å². The molecule has 0 aromatic heterocycles. The van der Waals surface area contributed by atoms with Crippen molar-refractivity contribution in [3.63, 3.8) is 0 Å². The minimum atomic E-state index is 0.393. The molecule has 0 bridgehead atoms. The third-order valence-corrected chi connectivity index (χ3v) is 1.53. The highest BCUT2D eigenvalue weighted by molar-refractivity contribution is 5.58. The molecule has 1 atom stereocenters. The third kappa shape index (κ3) is 2.04. The maximum atomic E-state index is 5.02. The van der Waals surface area contributed by atoms with E-state index in [1.807, 2.05) is 6.21 Å². The molecule has 1 aliphatic rings. The van der Waals surface area contributed by atoms with Crippen LogP contribution in [0.4, 0.5) is 0 Å². The molecule has 0 unspecified atom stereocenters. The Labute approximate surface area is 55.9 Å². The highest BCUT2D eigenvalue weighted by Crippen LogP contribution is 2.11. The molecule has 0 aliphatic carbocycles. The van der Waals surface area contributed by atoms with Gasteiger partial charge in [-0.25, -0.2) is 0 Å². The van der Waals surface area contributed by atoms with Crippen LogP contribution < -0.4 is 0 Å². The molecule has 0 spiro atoms. The molecule has 0 saturated carbocycles. The van der Waals surface area contributed by atoms with E-state index in [1.165, 1.54) is 12.8 Å². The zero-order valence-corrected chi connectivity index (χ0v) is 5.84. The van der Waals surface area contributed by atoms with Crippen LogP contribution in [0.1, 0.15) is 32.6 Å². The molecular formula is C7H13NO. The summed E-state index contributed by atoms with van der Waals surface area (Å²) in [4.78, 5) is 5.02. The SMILES string of the molecule is CCCC[C@@H]1CC=NO1. The third-order valence-electron chi connectivity index (χ3n) is 1.53. The summed E-state index contributed by atoms with van der Waals surface area (Å²) in [7, 11) is 0. The van der Waals surface area contributed by atoms with Gasteiger partial charge in [0, 0.05) is 12.6 Å². The fourth-order valence-electron chi connectivity index (χ4n) is 0.935. The lowest BCUT2D eigenvalue weighted by Gasteiger charge is -2.04. The first-order valence-corrected chi connectivity index (χ1v) is 3.61. The molecule has 0 aromatic rings. The molecule has 1 heterocycles. The average Bonchev–Trinajstić information content (AvgIpc) is 2.34. The van der Waals surface area contributed by atoms with Crippen molar-refractivity contribution in [2.45, 2.75) is 38.7 Å². The second kappa shape index (κ2) is 3.49. The Bertz CT molecular complexity index is 93.1. The molecule has 1 aliphatic heterocycles. The lowest BCUT2D eigenvalue weighted by atomic mass is 10.1. The summed E-state index contributed by atoms with van der Waals surface area (Å²) in [6.45, 7) is 2.19. The van der Waals surface area contributed by atoms with Crippen LogP contribution in [-0.4, -0.2) is 12.3 Å². The predicted octanol–water partition coefficient (Wildman–Crippen LogP) is 1.95. The monoisotopic (exact) mass is 127 g/mol. The zero-order valence-electron chi connectivity index (χ0n) is 5.84. The summed E-state index contributed by atoms with van der Waals surface area (Å²) >= 11 is 0. The predicted molar refractivity (Wildman–Crippen MR) is 37.5 cm³/mol. The fraction of sp³-hybridized carbons (Fsp3) is 0.857. The minimum absolute atomic E-state index is 0.393. The summed E-state index contributed by atoms with van der Waals surface area (Å²) in [6, 6.07) is 0. The van der Waals surface area contributed by atoms with Gasteiger partial charge in [0.25, 0.3) is 0 Å². The Hall–Kier alpha value is -0.530. The van der Waals surface area contributed by atoms with Crippen molar-refractivity contribution in [2.75, 3.05) is 0 Å². The summed E-state index contributed by atoms with van der Waals surface area (Å²) in [5.74, 6) is 0. The Morgan fingerprint density at radius 1 is 1.78 bits per heavy atom. The molecule has 0 radical (unpaired) electrons. The summed E-state index contributed by atoms with van der Waals surface area (Å²) in [6.07, 6.45) is 6.93. The van der Waals surface area contributed by atoms with Crippen molar-refractivity contribution in [1.82, 2.24) is 0 Å². The summed E-state index contributed by atoms with van der Waals surface area (Å²) in [5.41, 5.74) is 0. The van der Waals surface area contributed by atoms with Gasteiger partial charge in [0.05, 0.1) is 0 Å². The topological polar surface area (TPSA) is 21.6 Å². The van der Waals surface area contributed by atoms with Crippen LogP contribution in [0.5, 0.6) is 0 Å². The van der Waals surface area contributed by atoms with Gasteiger partial charge in [-0.05, 0) is 12.8 Å². The molecule has 0 aromatic carbocycles. The van der Waals surface area contributed by atoms with Gasteiger partial charge in [0.2, 0.25) is 0 Å². The second-order valence-corrected chi connectivity index (χ2v) is 2.39. The van der Waals surface area contributed by atoms with E-state index >= 15 is 0 Å². The van der Waals surface area contributed by atoms with E-state index in [-0.39, 0.29) is 0 Å². The molecule has 1 rings (SSSR count). The number of hydrogen-bond donors (Lipinski definition) is 0. The van der Waals surface area contributed by atoms with Crippen molar-refractivity contribution in [3.05, 3.63) is 0 Å². The normalized spacial score (nSPS) is 24.3. The Balaban J connectivity index is 2.01. The van der Waals surface area contributed by atoms with Crippen LogP contribution in [0.15, 0.2) is 5.16 Å². The lowest BCUT2D eigenvalue weighted by molar-refractivity contribution is 0.0775. The molecule has 0 amide bonds. The average molecular weight is 127 g/mol. The van der Waals surface area contributed by atoms with Crippen LogP contribution in [-0.2, 0) is 4.84 Å². The van der Waals surface area contributed by atoms with Gasteiger partial charge >= 0.3 is 0 Å². The van der Waals surface area contributed by atoms with Gasteiger partial charge in [-0.3, -0.25) is 0 Å². The number of hydrogen-bond acceptors (Lipinski definition) is 2. The molecule has 0 fully saturated rings. The van der Waals surface area contributed by atoms with Crippen LogP contribution in [0.2, 0.25) is 0 Å². The van der Waals surface area contributed by atoms with Crippen LogP contribution in [0.3, 0.4) is 0 Å². The van der Waals surface area contributed by atoms with Gasteiger partial charge in [0.15, 0.2) is 0 Å². The maximum absolute atomic E-state index is 5.02. The lowest BCUT2D eigenvalue weighted by Crippen LogP contribution is -2.03. The van der Waals surface area contributed by atoms with Crippen LogP contribution in [0, 0.1) is 0 Å². The Kier molecular flexibility index (Phi) is 2.55. The maximum Gasteiger partial charge on any atom is 0.132 e. The van der Waals surface area contributed by atoms with E-state index in [0.717, 1.165) is 12.8 Å². The van der Waals surface area contributed by atoms with E-state index in [0.29, 0.717) is 6.10 Å². The highest BCUT2D eigenvalue weighted by Gasteiger charge is 2.10. The summed E-state index contributed by atoms with van der Waals surface area (Å²) in [5, 5.41) is 3.69.